The molecule has 0 saturated heterocycles. The monoisotopic (exact) mass is 255 g/mol. The van der Waals surface area contributed by atoms with Crippen molar-refractivity contribution in [3.8, 4) is 0 Å². The van der Waals surface area contributed by atoms with Crippen LogP contribution < -0.4 is 0 Å². The first-order chi connectivity index (χ1) is 7.91. The summed E-state index contributed by atoms with van der Waals surface area (Å²) >= 11 is 5.84. The Kier molecular flexibility index (Phi) is 4.52. The van der Waals surface area contributed by atoms with Gasteiger partial charge in [-0.3, -0.25) is 9.59 Å². The predicted molar refractivity (Wildman–Crippen MR) is 65.1 cm³/mol. The van der Waals surface area contributed by atoms with Crippen molar-refractivity contribution in [2.45, 2.75) is 12.8 Å². The Morgan fingerprint density at radius 1 is 1.47 bits per heavy atom. The molecule has 1 N–H and O–H groups in total. The third-order valence-corrected chi connectivity index (χ3v) is 2.70. The highest BCUT2D eigenvalue weighted by molar-refractivity contribution is 6.30. The van der Waals surface area contributed by atoms with Crippen LogP contribution >= 0.6 is 11.6 Å². The quantitative estimate of drug-likeness (QED) is 0.895. The molecule has 0 heterocycles. The number of rotatable bonds is 4. The summed E-state index contributed by atoms with van der Waals surface area (Å²) in [4.78, 5) is 23.6. The Bertz CT molecular complexity index is 434. The van der Waals surface area contributed by atoms with E-state index in [0.717, 1.165) is 5.56 Å². The van der Waals surface area contributed by atoms with E-state index in [1.807, 2.05) is 0 Å². The summed E-state index contributed by atoms with van der Waals surface area (Å²) in [6.07, 6.45) is 0. The minimum Gasteiger partial charge on any atom is -0.480 e. The third-order valence-electron chi connectivity index (χ3n) is 2.47. The summed E-state index contributed by atoms with van der Waals surface area (Å²) in [5.41, 5.74) is 0.778. The number of hydrogen-bond acceptors (Lipinski definition) is 2. The fourth-order valence-electron chi connectivity index (χ4n) is 1.53. The molecular formula is C12H14ClNO3. The molecule has 1 unspecified atom stereocenters. The summed E-state index contributed by atoms with van der Waals surface area (Å²) in [6.45, 7) is 1.43. The highest BCUT2D eigenvalue weighted by atomic mass is 35.5. The Hall–Kier alpha value is -1.55. The lowest BCUT2D eigenvalue weighted by atomic mass is 10.00. The minimum atomic E-state index is -1.03. The molecule has 0 radical (unpaired) electrons. The van der Waals surface area contributed by atoms with E-state index in [-0.39, 0.29) is 12.5 Å². The lowest BCUT2D eigenvalue weighted by Crippen LogP contribution is -2.34. The first-order valence-electron chi connectivity index (χ1n) is 5.14. The molecule has 0 aliphatic rings. The van der Waals surface area contributed by atoms with Crippen LogP contribution in [0.25, 0.3) is 0 Å². The molecule has 1 aromatic carbocycles. The van der Waals surface area contributed by atoms with Crippen molar-refractivity contribution in [2.75, 3.05) is 13.6 Å². The fourth-order valence-corrected chi connectivity index (χ4v) is 1.73. The molecule has 1 rings (SSSR count). The average Bonchev–Trinajstić information content (AvgIpc) is 2.26. The van der Waals surface area contributed by atoms with Gasteiger partial charge in [0.2, 0.25) is 5.91 Å². The number of carbonyl (C=O) groups is 2. The average molecular weight is 256 g/mol. The second-order valence-corrected chi connectivity index (χ2v) is 4.30. The lowest BCUT2D eigenvalue weighted by molar-refractivity contribution is -0.143. The maximum Gasteiger partial charge on any atom is 0.323 e. The van der Waals surface area contributed by atoms with Crippen LogP contribution in [0.5, 0.6) is 0 Å². The van der Waals surface area contributed by atoms with Gasteiger partial charge >= 0.3 is 5.97 Å². The molecular weight excluding hydrogens is 242 g/mol. The SMILES string of the molecule is CC(C(=O)N(C)CC(=O)O)c1cccc(Cl)c1. The van der Waals surface area contributed by atoms with E-state index in [4.69, 9.17) is 16.7 Å². The molecule has 4 nitrogen and oxygen atoms in total. The topological polar surface area (TPSA) is 57.6 Å². The number of benzene rings is 1. The van der Waals surface area contributed by atoms with Crippen LogP contribution in [0.4, 0.5) is 0 Å². The van der Waals surface area contributed by atoms with Crippen molar-refractivity contribution in [3.05, 3.63) is 34.9 Å². The van der Waals surface area contributed by atoms with Crippen LogP contribution in [0.3, 0.4) is 0 Å². The first-order valence-corrected chi connectivity index (χ1v) is 5.52. The van der Waals surface area contributed by atoms with Gasteiger partial charge in [-0.15, -0.1) is 0 Å². The van der Waals surface area contributed by atoms with Gasteiger partial charge in [0.15, 0.2) is 0 Å². The molecule has 0 aliphatic carbocycles. The Morgan fingerprint density at radius 2 is 2.12 bits per heavy atom. The Labute approximate surface area is 105 Å². The number of hydrogen-bond donors (Lipinski definition) is 1. The second-order valence-electron chi connectivity index (χ2n) is 3.86. The summed E-state index contributed by atoms with van der Waals surface area (Å²) in [5.74, 6) is -1.67. The molecule has 1 amide bonds. The number of carbonyl (C=O) groups excluding carboxylic acids is 1. The zero-order valence-corrected chi connectivity index (χ0v) is 10.4. The van der Waals surface area contributed by atoms with Crippen molar-refractivity contribution in [2.24, 2.45) is 0 Å². The molecule has 0 bridgehead atoms. The van der Waals surface area contributed by atoms with Gasteiger partial charge in [0.25, 0.3) is 0 Å². The third kappa shape index (κ3) is 3.75. The van der Waals surface area contributed by atoms with Crippen LogP contribution in [0.2, 0.25) is 5.02 Å². The highest BCUT2D eigenvalue weighted by Gasteiger charge is 2.20. The van der Waals surface area contributed by atoms with E-state index >= 15 is 0 Å². The summed E-state index contributed by atoms with van der Waals surface area (Å²) in [7, 11) is 1.47. The van der Waals surface area contributed by atoms with Gasteiger partial charge in [-0.1, -0.05) is 23.7 Å². The van der Waals surface area contributed by atoms with Crippen LogP contribution in [0, 0.1) is 0 Å². The predicted octanol–water partition coefficient (Wildman–Crippen LogP) is 1.99. The van der Waals surface area contributed by atoms with Crippen LogP contribution in [0.1, 0.15) is 18.4 Å². The van der Waals surface area contributed by atoms with Crippen LogP contribution in [-0.4, -0.2) is 35.5 Å². The smallest absolute Gasteiger partial charge is 0.323 e. The van der Waals surface area contributed by atoms with Gasteiger partial charge in [-0.05, 0) is 24.6 Å². The summed E-state index contributed by atoms with van der Waals surface area (Å²) in [6, 6.07) is 6.99. The van der Waals surface area contributed by atoms with E-state index in [0.29, 0.717) is 5.02 Å². The van der Waals surface area contributed by atoms with Gasteiger partial charge < -0.3 is 10.0 Å². The van der Waals surface area contributed by atoms with Gasteiger partial charge in [0.05, 0.1) is 5.92 Å². The van der Waals surface area contributed by atoms with E-state index in [1.54, 1.807) is 31.2 Å². The van der Waals surface area contributed by atoms with Crippen LogP contribution in [0.15, 0.2) is 24.3 Å². The number of likely N-dealkylation sites (N-methyl/N-ethyl adjacent to an activating group) is 1. The minimum absolute atomic E-state index is 0.241. The van der Waals surface area contributed by atoms with E-state index < -0.39 is 11.9 Å². The number of halogens is 1. The number of nitrogens with zero attached hydrogens (tertiary/aromatic N) is 1. The first kappa shape index (κ1) is 13.5. The number of carboxylic acid groups (broad SMARTS) is 1. The van der Waals surface area contributed by atoms with E-state index in [9.17, 15) is 9.59 Å². The Balaban J connectivity index is 2.79. The maximum absolute atomic E-state index is 11.9. The van der Waals surface area contributed by atoms with Gasteiger partial charge in [-0.25, -0.2) is 0 Å². The summed E-state index contributed by atoms with van der Waals surface area (Å²) in [5, 5.41) is 9.17. The molecule has 92 valence electrons. The second kappa shape index (κ2) is 5.68. The van der Waals surface area contributed by atoms with Crippen molar-refractivity contribution in [1.82, 2.24) is 4.90 Å². The Morgan fingerprint density at radius 3 is 2.65 bits per heavy atom. The lowest BCUT2D eigenvalue weighted by Gasteiger charge is -2.19. The molecule has 0 aromatic heterocycles. The highest BCUT2D eigenvalue weighted by Crippen LogP contribution is 2.20. The van der Waals surface area contributed by atoms with Gasteiger partial charge in [-0.2, -0.15) is 0 Å². The summed E-state index contributed by atoms with van der Waals surface area (Å²) < 4.78 is 0. The molecule has 1 atom stereocenters. The van der Waals surface area contributed by atoms with Crippen LogP contribution in [-0.2, 0) is 9.59 Å². The fraction of sp³-hybridized carbons (Fsp3) is 0.333. The van der Waals surface area contributed by atoms with E-state index in [1.165, 1.54) is 11.9 Å². The van der Waals surface area contributed by atoms with Crippen molar-refractivity contribution in [1.29, 1.82) is 0 Å². The van der Waals surface area contributed by atoms with Crippen molar-refractivity contribution in [3.63, 3.8) is 0 Å². The molecule has 0 saturated carbocycles. The number of amides is 1. The maximum atomic E-state index is 11.9. The molecule has 5 heteroatoms. The van der Waals surface area contributed by atoms with Crippen molar-refractivity contribution < 1.29 is 14.7 Å². The molecule has 0 aliphatic heterocycles. The standard InChI is InChI=1S/C12H14ClNO3/c1-8(9-4-3-5-10(13)6-9)12(17)14(2)7-11(15)16/h3-6,8H,7H2,1-2H3,(H,15,16). The molecule has 0 spiro atoms. The van der Waals surface area contributed by atoms with Gasteiger partial charge in [0, 0.05) is 12.1 Å². The zero-order valence-electron chi connectivity index (χ0n) is 9.68. The van der Waals surface area contributed by atoms with E-state index in [2.05, 4.69) is 0 Å². The number of carboxylic acids is 1. The normalized spacial score (nSPS) is 11.9. The molecule has 1 aromatic rings. The number of aliphatic carboxylic acids is 1. The molecule has 0 fully saturated rings. The largest absolute Gasteiger partial charge is 0.480 e. The zero-order chi connectivity index (χ0) is 13.0. The van der Waals surface area contributed by atoms with Crippen molar-refractivity contribution >= 4 is 23.5 Å². The van der Waals surface area contributed by atoms with Gasteiger partial charge in [0.1, 0.15) is 6.54 Å². The molecule has 17 heavy (non-hydrogen) atoms.